The van der Waals surface area contributed by atoms with Crippen molar-refractivity contribution in [3.63, 3.8) is 0 Å². The molecule has 5 atom stereocenters. The number of rotatable bonds is 6. The molecule has 0 radical (unpaired) electrons. The molecule has 0 saturated heterocycles. The highest BCUT2D eigenvalue weighted by atomic mass is 15.1. The van der Waals surface area contributed by atoms with Crippen molar-refractivity contribution in [1.82, 2.24) is 10.2 Å². The van der Waals surface area contributed by atoms with E-state index in [-0.39, 0.29) is 0 Å². The lowest BCUT2D eigenvalue weighted by Gasteiger charge is -2.34. The average molecular weight is 293 g/mol. The predicted molar refractivity (Wildman–Crippen MR) is 90.4 cm³/mol. The molecule has 1 N–H and O–H groups in total. The first-order valence-electron chi connectivity index (χ1n) is 9.41. The van der Waals surface area contributed by atoms with E-state index in [1.54, 1.807) is 6.42 Å². The van der Waals surface area contributed by atoms with Crippen LogP contribution in [0.4, 0.5) is 0 Å². The Bertz CT molecular complexity index is 351. The number of hydrogen-bond acceptors (Lipinski definition) is 2. The molecule has 21 heavy (non-hydrogen) atoms. The fourth-order valence-corrected chi connectivity index (χ4v) is 5.85. The van der Waals surface area contributed by atoms with E-state index in [2.05, 4.69) is 38.0 Å². The maximum absolute atomic E-state index is 3.78. The van der Waals surface area contributed by atoms with Gasteiger partial charge in [-0.05, 0) is 74.8 Å². The molecule has 3 fully saturated rings. The highest BCUT2D eigenvalue weighted by Crippen LogP contribution is 2.48. The Balaban J connectivity index is 1.51. The van der Waals surface area contributed by atoms with E-state index in [1.165, 1.54) is 45.2 Å². The lowest BCUT2D eigenvalue weighted by molar-refractivity contribution is 0.171. The van der Waals surface area contributed by atoms with Crippen LogP contribution in [0.2, 0.25) is 0 Å². The molecule has 2 bridgehead atoms. The maximum atomic E-state index is 3.78. The fourth-order valence-electron chi connectivity index (χ4n) is 5.85. The van der Waals surface area contributed by atoms with Crippen molar-refractivity contribution < 1.29 is 0 Å². The van der Waals surface area contributed by atoms with Gasteiger partial charge in [-0.3, -0.25) is 0 Å². The lowest BCUT2D eigenvalue weighted by Crippen LogP contribution is -2.45. The first-order chi connectivity index (χ1) is 9.99. The van der Waals surface area contributed by atoms with Gasteiger partial charge in [0, 0.05) is 19.1 Å². The van der Waals surface area contributed by atoms with Crippen LogP contribution in [0.15, 0.2) is 0 Å². The third-order valence-electron chi connectivity index (χ3n) is 6.87. The van der Waals surface area contributed by atoms with Gasteiger partial charge in [-0.25, -0.2) is 0 Å². The van der Waals surface area contributed by atoms with Crippen molar-refractivity contribution in [2.75, 3.05) is 26.7 Å². The second kappa shape index (κ2) is 6.20. The molecule has 0 heterocycles. The molecule has 0 aromatic carbocycles. The van der Waals surface area contributed by atoms with Crippen LogP contribution in [0.25, 0.3) is 0 Å². The van der Waals surface area contributed by atoms with E-state index in [1.807, 2.05) is 0 Å². The summed E-state index contributed by atoms with van der Waals surface area (Å²) in [6, 6.07) is 0.713. The summed E-state index contributed by atoms with van der Waals surface area (Å²) in [5.41, 5.74) is 0.480. The highest BCUT2D eigenvalue weighted by Gasteiger charge is 2.43. The van der Waals surface area contributed by atoms with Gasteiger partial charge in [0.15, 0.2) is 0 Å². The van der Waals surface area contributed by atoms with E-state index >= 15 is 0 Å². The summed E-state index contributed by atoms with van der Waals surface area (Å²) < 4.78 is 0. The van der Waals surface area contributed by atoms with Crippen molar-refractivity contribution in [3.05, 3.63) is 0 Å². The largest absolute Gasteiger partial charge is 0.313 e. The summed E-state index contributed by atoms with van der Waals surface area (Å²) in [6.07, 6.45) is 8.93. The number of nitrogens with one attached hydrogen (secondary N) is 1. The highest BCUT2D eigenvalue weighted by molar-refractivity contribution is 4.97. The molecule has 2 nitrogen and oxygen atoms in total. The number of fused-ring (bicyclic) bond motifs is 2. The molecule has 0 spiro atoms. The summed E-state index contributed by atoms with van der Waals surface area (Å²) in [6.45, 7) is 10.9. The van der Waals surface area contributed by atoms with Crippen molar-refractivity contribution in [2.24, 2.45) is 29.1 Å². The fraction of sp³-hybridized carbons (Fsp3) is 1.00. The van der Waals surface area contributed by atoms with E-state index in [0.29, 0.717) is 11.5 Å². The lowest BCUT2D eigenvalue weighted by atomic mass is 9.84. The zero-order chi connectivity index (χ0) is 15.0. The average Bonchev–Trinajstić information content (AvgIpc) is 3.09. The van der Waals surface area contributed by atoms with Crippen LogP contribution < -0.4 is 5.32 Å². The van der Waals surface area contributed by atoms with Gasteiger partial charge in [0.2, 0.25) is 0 Å². The molecule has 2 heteroatoms. The molecule has 0 aliphatic heterocycles. The SMILES string of the molecule is CCNC1C(CN(C)CC2CC3CCC2C3)CCC1(C)C. The monoisotopic (exact) mass is 292 g/mol. The molecule has 0 aromatic heterocycles. The second-order valence-corrected chi connectivity index (χ2v) is 8.98. The van der Waals surface area contributed by atoms with Crippen LogP contribution in [-0.2, 0) is 0 Å². The molecular formula is C19H36N2. The first kappa shape index (κ1) is 15.8. The van der Waals surface area contributed by atoms with Crippen LogP contribution in [0, 0.1) is 29.1 Å². The zero-order valence-corrected chi connectivity index (χ0v) is 14.7. The third-order valence-corrected chi connectivity index (χ3v) is 6.87. The molecule has 3 aliphatic rings. The number of hydrogen-bond donors (Lipinski definition) is 1. The maximum Gasteiger partial charge on any atom is 0.0159 e. The molecule has 3 rings (SSSR count). The summed E-state index contributed by atoms with van der Waals surface area (Å²) in [7, 11) is 2.38. The quantitative estimate of drug-likeness (QED) is 0.801. The van der Waals surface area contributed by atoms with Crippen molar-refractivity contribution >= 4 is 0 Å². The molecule has 0 aromatic rings. The Morgan fingerprint density at radius 1 is 1.05 bits per heavy atom. The summed E-state index contributed by atoms with van der Waals surface area (Å²) in [4.78, 5) is 2.67. The predicted octanol–water partition coefficient (Wildman–Crippen LogP) is 3.77. The van der Waals surface area contributed by atoms with Crippen molar-refractivity contribution in [2.45, 2.75) is 65.3 Å². The Labute approximate surface area is 132 Å². The molecular weight excluding hydrogens is 256 g/mol. The van der Waals surface area contributed by atoms with Gasteiger partial charge >= 0.3 is 0 Å². The molecule has 5 unspecified atom stereocenters. The van der Waals surface area contributed by atoms with Crippen LogP contribution in [0.3, 0.4) is 0 Å². The molecule has 0 amide bonds. The van der Waals surface area contributed by atoms with Gasteiger partial charge in [-0.2, -0.15) is 0 Å². The Hall–Kier alpha value is -0.0800. The minimum Gasteiger partial charge on any atom is -0.313 e. The van der Waals surface area contributed by atoms with Gasteiger partial charge in [0.05, 0.1) is 0 Å². The molecule has 3 aliphatic carbocycles. The Morgan fingerprint density at radius 3 is 2.43 bits per heavy atom. The van der Waals surface area contributed by atoms with Gasteiger partial charge in [-0.15, -0.1) is 0 Å². The van der Waals surface area contributed by atoms with E-state index in [9.17, 15) is 0 Å². The van der Waals surface area contributed by atoms with Crippen LogP contribution in [0.5, 0.6) is 0 Å². The van der Waals surface area contributed by atoms with E-state index in [4.69, 9.17) is 0 Å². The van der Waals surface area contributed by atoms with Gasteiger partial charge in [-0.1, -0.05) is 27.2 Å². The van der Waals surface area contributed by atoms with E-state index < -0.39 is 0 Å². The van der Waals surface area contributed by atoms with Crippen LogP contribution in [-0.4, -0.2) is 37.6 Å². The minimum atomic E-state index is 0.480. The smallest absolute Gasteiger partial charge is 0.0159 e. The minimum absolute atomic E-state index is 0.480. The second-order valence-electron chi connectivity index (χ2n) is 8.98. The van der Waals surface area contributed by atoms with Crippen LogP contribution >= 0.6 is 0 Å². The molecule has 3 saturated carbocycles. The van der Waals surface area contributed by atoms with Gasteiger partial charge < -0.3 is 10.2 Å². The zero-order valence-electron chi connectivity index (χ0n) is 14.7. The summed E-state index contributed by atoms with van der Waals surface area (Å²) in [5.74, 6) is 4.03. The topological polar surface area (TPSA) is 15.3 Å². The Morgan fingerprint density at radius 2 is 1.81 bits per heavy atom. The normalized spacial score (nSPS) is 41.3. The first-order valence-corrected chi connectivity index (χ1v) is 9.41. The van der Waals surface area contributed by atoms with Crippen molar-refractivity contribution in [3.8, 4) is 0 Å². The molecule has 122 valence electrons. The van der Waals surface area contributed by atoms with E-state index in [0.717, 1.165) is 30.2 Å². The number of nitrogens with zero attached hydrogens (tertiary/aromatic N) is 1. The third kappa shape index (κ3) is 3.32. The van der Waals surface area contributed by atoms with Gasteiger partial charge in [0.25, 0.3) is 0 Å². The summed E-state index contributed by atoms with van der Waals surface area (Å²) >= 11 is 0. The van der Waals surface area contributed by atoms with Crippen LogP contribution in [0.1, 0.15) is 59.3 Å². The van der Waals surface area contributed by atoms with Crippen molar-refractivity contribution in [1.29, 1.82) is 0 Å². The summed E-state index contributed by atoms with van der Waals surface area (Å²) in [5, 5.41) is 3.78. The Kier molecular flexibility index (Phi) is 4.66. The van der Waals surface area contributed by atoms with Gasteiger partial charge in [0.1, 0.15) is 0 Å². The standard InChI is InChI=1S/C19H36N2/c1-5-20-18-16(8-9-19(18,2)3)12-21(4)13-17-11-14-6-7-15(17)10-14/h14-18,20H,5-13H2,1-4H3.